The van der Waals surface area contributed by atoms with Crippen molar-refractivity contribution in [2.45, 2.75) is 26.3 Å². The highest BCUT2D eigenvalue weighted by atomic mass is 16.5. The van der Waals surface area contributed by atoms with Gasteiger partial charge in [0, 0.05) is 39.8 Å². The Hall–Kier alpha value is -0.650. The molecule has 2 N–H and O–H groups in total. The Kier molecular flexibility index (Phi) is 6.60. The molecule has 1 aliphatic rings. The zero-order valence-electron chi connectivity index (χ0n) is 11.9. The van der Waals surface area contributed by atoms with Crippen molar-refractivity contribution in [2.24, 2.45) is 11.7 Å². The van der Waals surface area contributed by atoms with Gasteiger partial charge in [0.15, 0.2) is 0 Å². The van der Waals surface area contributed by atoms with E-state index >= 15 is 0 Å². The molecule has 1 atom stereocenters. The molecule has 0 aromatic rings. The highest BCUT2D eigenvalue weighted by Gasteiger charge is 2.25. The van der Waals surface area contributed by atoms with Crippen LogP contribution < -0.4 is 5.73 Å². The molecule has 5 nitrogen and oxygen atoms in total. The molecule has 1 saturated heterocycles. The van der Waals surface area contributed by atoms with Crippen LogP contribution in [0.25, 0.3) is 0 Å². The minimum atomic E-state index is -0.337. The molecule has 0 bridgehead atoms. The fraction of sp³-hybridized carbons (Fsp3) is 0.923. The Morgan fingerprint density at radius 2 is 1.89 bits per heavy atom. The van der Waals surface area contributed by atoms with Crippen LogP contribution in [0.3, 0.4) is 0 Å². The van der Waals surface area contributed by atoms with Crippen LogP contribution in [0.4, 0.5) is 0 Å². The molecule has 0 saturated carbocycles. The van der Waals surface area contributed by atoms with Gasteiger partial charge < -0.3 is 15.4 Å². The standard InChI is InChI=1S/C13H27N3O2/c1-11(2)10-12(14)13(17)16-6-4-15(5-7-16)8-9-18-3/h11-12H,4-10,14H2,1-3H3/t12-/m0/s1. The van der Waals surface area contributed by atoms with E-state index in [1.54, 1.807) is 7.11 Å². The molecule has 5 heteroatoms. The lowest BCUT2D eigenvalue weighted by atomic mass is 10.0. The number of hydrogen-bond donors (Lipinski definition) is 1. The minimum absolute atomic E-state index is 0.107. The predicted molar refractivity (Wildman–Crippen MR) is 72.3 cm³/mol. The first-order chi connectivity index (χ1) is 8.54. The average molecular weight is 257 g/mol. The largest absolute Gasteiger partial charge is 0.383 e. The van der Waals surface area contributed by atoms with Crippen LogP contribution in [0.5, 0.6) is 0 Å². The van der Waals surface area contributed by atoms with Gasteiger partial charge in [-0.05, 0) is 12.3 Å². The van der Waals surface area contributed by atoms with E-state index in [4.69, 9.17) is 10.5 Å². The first kappa shape index (κ1) is 15.4. The van der Waals surface area contributed by atoms with Crippen LogP contribution in [-0.2, 0) is 9.53 Å². The summed E-state index contributed by atoms with van der Waals surface area (Å²) in [7, 11) is 1.71. The maximum absolute atomic E-state index is 12.1. The number of piperazine rings is 1. The monoisotopic (exact) mass is 257 g/mol. The Morgan fingerprint density at radius 3 is 2.39 bits per heavy atom. The van der Waals surface area contributed by atoms with Gasteiger partial charge in [-0.15, -0.1) is 0 Å². The number of rotatable bonds is 6. The van der Waals surface area contributed by atoms with Gasteiger partial charge in [0.05, 0.1) is 12.6 Å². The molecule has 1 amide bonds. The molecule has 0 unspecified atom stereocenters. The zero-order valence-corrected chi connectivity index (χ0v) is 11.9. The summed E-state index contributed by atoms with van der Waals surface area (Å²) in [6.45, 7) is 9.29. The van der Waals surface area contributed by atoms with Crippen LogP contribution in [-0.4, -0.2) is 68.2 Å². The van der Waals surface area contributed by atoms with Gasteiger partial charge in [-0.2, -0.15) is 0 Å². The fourth-order valence-electron chi connectivity index (χ4n) is 2.26. The van der Waals surface area contributed by atoms with Crippen molar-refractivity contribution >= 4 is 5.91 Å². The summed E-state index contributed by atoms with van der Waals surface area (Å²) in [6.07, 6.45) is 0.767. The number of carbonyl (C=O) groups excluding carboxylic acids is 1. The molecule has 1 heterocycles. The molecule has 18 heavy (non-hydrogen) atoms. The maximum Gasteiger partial charge on any atom is 0.239 e. The van der Waals surface area contributed by atoms with Crippen LogP contribution >= 0.6 is 0 Å². The average Bonchev–Trinajstić information content (AvgIpc) is 2.35. The second-order valence-corrected chi connectivity index (χ2v) is 5.40. The zero-order chi connectivity index (χ0) is 13.5. The van der Waals surface area contributed by atoms with Crippen LogP contribution in [0.15, 0.2) is 0 Å². The van der Waals surface area contributed by atoms with Gasteiger partial charge in [-0.1, -0.05) is 13.8 Å². The van der Waals surface area contributed by atoms with E-state index in [1.165, 1.54) is 0 Å². The van der Waals surface area contributed by atoms with Crippen molar-refractivity contribution in [3.05, 3.63) is 0 Å². The third kappa shape index (κ3) is 4.92. The molecule has 0 aromatic heterocycles. The van der Waals surface area contributed by atoms with Crippen molar-refractivity contribution in [1.82, 2.24) is 9.80 Å². The smallest absolute Gasteiger partial charge is 0.239 e. The summed E-state index contributed by atoms with van der Waals surface area (Å²) in [5.74, 6) is 0.571. The van der Waals surface area contributed by atoms with Crippen molar-refractivity contribution in [3.63, 3.8) is 0 Å². The number of nitrogens with zero attached hydrogens (tertiary/aromatic N) is 2. The second-order valence-electron chi connectivity index (χ2n) is 5.40. The molecular formula is C13H27N3O2. The summed E-state index contributed by atoms with van der Waals surface area (Å²) < 4.78 is 5.06. The molecule has 0 spiro atoms. The third-order valence-corrected chi connectivity index (χ3v) is 3.34. The summed E-state index contributed by atoms with van der Waals surface area (Å²) >= 11 is 0. The lowest BCUT2D eigenvalue weighted by molar-refractivity contribution is -0.134. The summed E-state index contributed by atoms with van der Waals surface area (Å²) in [5, 5.41) is 0. The van der Waals surface area contributed by atoms with Crippen molar-refractivity contribution in [1.29, 1.82) is 0 Å². The molecule has 1 fully saturated rings. The van der Waals surface area contributed by atoms with Crippen molar-refractivity contribution in [2.75, 3.05) is 46.4 Å². The Labute approximate surface area is 110 Å². The number of nitrogens with two attached hydrogens (primary N) is 1. The summed E-state index contributed by atoms with van der Waals surface area (Å²) in [5.41, 5.74) is 5.94. The normalized spacial score (nSPS) is 19.3. The van der Waals surface area contributed by atoms with Gasteiger partial charge in [0.25, 0.3) is 0 Å². The summed E-state index contributed by atoms with van der Waals surface area (Å²) in [6, 6.07) is -0.337. The minimum Gasteiger partial charge on any atom is -0.383 e. The fourth-order valence-corrected chi connectivity index (χ4v) is 2.26. The predicted octanol–water partition coefficient (Wildman–Crippen LogP) is 0.150. The van der Waals surface area contributed by atoms with Crippen LogP contribution in [0.2, 0.25) is 0 Å². The van der Waals surface area contributed by atoms with E-state index in [0.29, 0.717) is 5.92 Å². The molecule has 0 radical (unpaired) electrons. The Morgan fingerprint density at radius 1 is 1.28 bits per heavy atom. The number of carbonyl (C=O) groups is 1. The van der Waals surface area contributed by atoms with Gasteiger partial charge in [0.1, 0.15) is 0 Å². The molecule has 106 valence electrons. The first-order valence-electron chi connectivity index (χ1n) is 6.80. The van der Waals surface area contributed by atoms with E-state index in [9.17, 15) is 4.79 Å². The number of hydrogen-bond acceptors (Lipinski definition) is 4. The van der Waals surface area contributed by atoms with Crippen LogP contribution in [0, 0.1) is 5.92 Å². The highest BCUT2D eigenvalue weighted by Crippen LogP contribution is 2.08. The molecule has 0 aromatic carbocycles. The van der Waals surface area contributed by atoms with Crippen molar-refractivity contribution in [3.8, 4) is 0 Å². The quantitative estimate of drug-likeness (QED) is 0.736. The molecule has 0 aliphatic carbocycles. The van der Waals surface area contributed by atoms with Gasteiger partial charge in [-0.25, -0.2) is 0 Å². The lowest BCUT2D eigenvalue weighted by Crippen LogP contribution is -2.53. The number of methoxy groups -OCH3 is 1. The number of amides is 1. The highest BCUT2D eigenvalue weighted by molar-refractivity contribution is 5.81. The Balaban J connectivity index is 2.31. The summed E-state index contributed by atoms with van der Waals surface area (Å²) in [4.78, 5) is 16.3. The first-order valence-corrected chi connectivity index (χ1v) is 6.80. The van der Waals surface area contributed by atoms with Gasteiger partial charge in [0.2, 0.25) is 5.91 Å². The maximum atomic E-state index is 12.1. The van der Waals surface area contributed by atoms with E-state index in [2.05, 4.69) is 18.7 Å². The lowest BCUT2D eigenvalue weighted by Gasteiger charge is -2.35. The van der Waals surface area contributed by atoms with Crippen molar-refractivity contribution < 1.29 is 9.53 Å². The molecular weight excluding hydrogens is 230 g/mol. The Bertz CT molecular complexity index is 251. The van der Waals surface area contributed by atoms with E-state index < -0.39 is 0 Å². The topological polar surface area (TPSA) is 58.8 Å². The SMILES string of the molecule is COCCN1CCN(C(=O)[C@@H](N)CC(C)C)CC1. The second kappa shape index (κ2) is 7.71. The van der Waals surface area contributed by atoms with E-state index in [0.717, 1.165) is 45.8 Å². The van der Waals surface area contributed by atoms with Crippen LogP contribution in [0.1, 0.15) is 20.3 Å². The van der Waals surface area contributed by atoms with E-state index in [1.807, 2.05) is 4.90 Å². The van der Waals surface area contributed by atoms with E-state index in [-0.39, 0.29) is 11.9 Å². The third-order valence-electron chi connectivity index (χ3n) is 3.34. The number of ether oxygens (including phenoxy) is 1. The van der Waals surface area contributed by atoms with Gasteiger partial charge in [-0.3, -0.25) is 9.69 Å². The molecule has 1 aliphatic heterocycles. The molecule has 1 rings (SSSR count). The van der Waals surface area contributed by atoms with Gasteiger partial charge >= 0.3 is 0 Å².